The molecule has 2 fully saturated rings. The fourth-order valence-corrected chi connectivity index (χ4v) is 6.59. The fraction of sp³-hybridized carbons (Fsp3) is 0.586. The summed E-state index contributed by atoms with van der Waals surface area (Å²) in [6.07, 6.45) is 7.55. The number of carbonyl (C=O) groups is 4. The third-order valence-corrected chi connectivity index (χ3v) is 8.82. The van der Waals surface area contributed by atoms with E-state index in [4.69, 9.17) is 16.3 Å². The van der Waals surface area contributed by atoms with Crippen molar-refractivity contribution < 1.29 is 32.3 Å². The molecule has 4 unspecified atom stereocenters. The predicted molar refractivity (Wildman–Crippen MR) is 161 cm³/mol. The Morgan fingerprint density at radius 3 is 2.60 bits per heavy atom. The van der Waals surface area contributed by atoms with Crippen LogP contribution in [0.1, 0.15) is 72.1 Å². The number of anilines is 1. The highest BCUT2D eigenvalue weighted by Crippen LogP contribution is 2.45. The van der Waals surface area contributed by atoms with Gasteiger partial charge in [-0.25, -0.2) is 9.52 Å². The fourth-order valence-electron chi connectivity index (χ4n) is 5.49. The molecule has 1 saturated heterocycles. The van der Waals surface area contributed by atoms with Crippen LogP contribution in [0.3, 0.4) is 0 Å². The van der Waals surface area contributed by atoms with Gasteiger partial charge in [0, 0.05) is 17.5 Å². The van der Waals surface area contributed by atoms with Crippen LogP contribution in [0.25, 0.3) is 0 Å². The standard InChI is InChI=1S/C29H40ClN5O7S/c1-28(2,3)42-27(39)31-22-14-8-6-4-5-7-11-19-18-29(19,32-24(36)23-15-10-16-35(23)25(22)37)26(38)34-43(40,41)33-21-13-9-12-20(30)17-21/h7,9,11-13,17,19,22-23,33H,4-6,8,10,14-16,18H2,1-3H3,(H,31,39)(H,32,36)(H,34,38)/b11-7-. The Morgan fingerprint density at radius 2 is 1.88 bits per heavy atom. The highest BCUT2D eigenvalue weighted by molar-refractivity contribution is 7.91. The Hall–Kier alpha value is -3.32. The molecule has 1 aromatic carbocycles. The van der Waals surface area contributed by atoms with E-state index in [0.717, 1.165) is 12.8 Å². The van der Waals surface area contributed by atoms with Crippen molar-refractivity contribution in [1.82, 2.24) is 20.3 Å². The normalized spacial score (nSPS) is 27.3. The van der Waals surface area contributed by atoms with E-state index in [-0.39, 0.29) is 12.1 Å². The lowest BCUT2D eigenvalue weighted by Gasteiger charge is -2.30. The molecular weight excluding hydrogens is 598 g/mol. The Labute approximate surface area is 257 Å². The Kier molecular flexibility index (Phi) is 9.95. The summed E-state index contributed by atoms with van der Waals surface area (Å²) < 4.78 is 35.3. The van der Waals surface area contributed by atoms with E-state index in [1.807, 2.05) is 16.9 Å². The monoisotopic (exact) mass is 637 g/mol. The zero-order valence-electron chi connectivity index (χ0n) is 24.7. The average Bonchev–Trinajstić information content (AvgIpc) is 3.35. The number of amides is 4. The number of allylic oxidation sites excluding steroid dienone is 1. The van der Waals surface area contributed by atoms with Crippen molar-refractivity contribution in [2.24, 2.45) is 5.92 Å². The lowest BCUT2D eigenvalue weighted by atomic mass is 10.0. The number of alkyl carbamates (subject to hydrolysis) is 1. The minimum atomic E-state index is -4.35. The molecule has 43 heavy (non-hydrogen) atoms. The summed E-state index contributed by atoms with van der Waals surface area (Å²) in [5, 5.41) is 5.79. The molecule has 1 aromatic rings. The van der Waals surface area contributed by atoms with Gasteiger partial charge in [-0.3, -0.25) is 19.1 Å². The maximum Gasteiger partial charge on any atom is 0.408 e. The molecule has 0 aromatic heterocycles. The van der Waals surface area contributed by atoms with Gasteiger partial charge in [-0.05, 0) is 77.5 Å². The molecule has 1 saturated carbocycles. The SMILES string of the molecule is CC(C)(C)OC(=O)NC1CCCCC/C=C\C2CC2(C(=O)NS(=O)(=O)Nc2cccc(Cl)c2)NC(=O)C2CCCN2C1=O. The van der Waals surface area contributed by atoms with Crippen molar-refractivity contribution >= 4 is 51.3 Å². The topological polar surface area (TPSA) is 163 Å². The van der Waals surface area contributed by atoms with Crippen LogP contribution < -0.4 is 20.1 Å². The minimum absolute atomic E-state index is 0.165. The van der Waals surface area contributed by atoms with Crippen LogP contribution >= 0.6 is 11.6 Å². The molecule has 0 bridgehead atoms. The van der Waals surface area contributed by atoms with Crippen LogP contribution in [0.4, 0.5) is 10.5 Å². The zero-order chi connectivity index (χ0) is 31.4. The zero-order valence-corrected chi connectivity index (χ0v) is 26.2. The van der Waals surface area contributed by atoms with Gasteiger partial charge in [-0.1, -0.05) is 42.7 Å². The lowest BCUT2D eigenvalue weighted by molar-refractivity contribution is -0.141. The summed E-state index contributed by atoms with van der Waals surface area (Å²) in [5.41, 5.74) is -2.08. The van der Waals surface area contributed by atoms with E-state index in [1.54, 1.807) is 32.9 Å². The first kappa shape index (κ1) is 32.6. The number of fused-ring (bicyclic) bond motifs is 2. The van der Waals surface area contributed by atoms with Gasteiger partial charge in [0.25, 0.3) is 5.91 Å². The Bertz CT molecular complexity index is 1380. The molecule has 4 N–H and O–H groups in total. The Balaban J connectivity index is 1.53. The third kappa shape index (κ3) is 8.62. The number of benzene rings is 1. The van der Waals surface area contributed by atoms with Crippen molar-refractivity contribution in [2.45, 2.75) is 95.4 Å². The van der Waals surface area contributed by atoms with E-state index in [2.05, 4.69) is 15.4 Å². The van der Waals surface area contributed by atoms with E-state index < -0.39 is 63.2 Å². The highest BCUT2D eigenvalue weighted by Gasteiger charge is 2.61. The summed E-state index contributed by atoms with van der Waals surface area (Å²) >= 11 is 5.95. The van der Waals surface area contributed by atoms with Gasteiger partial charge < -0.3 is 20.3 Å². The molecule has 236 valence electrons. The van der Waals surface area contributed by atoms with Crippen LogP contribution in [0.5, 0.6) is 0 Å². The summed E-state index contributed by atoms with van der Waals surface area (Å²) in [4.78, 5) is 54.8. The maximum absolute atomic E-state index is 13.7. The number of rotatable bonds is 5. The predicted octanol–water partition coefficient (Wildman–Crippen LogP) is 3.39. The van der Waals surface area contributed by atoms with Crippen molar-refractivity contribution in [3.05, 3.63) is 41.4 Å². The molecule has 0 spiro atoms. The Morgan fingerprint density at radius 1 is 1.12 bits per heavy atom. The molecule has 1 aliphatic carbocycles. The highest BCUT2D eigenvalue weighted by atomic mass is 35.5. The largest absolute Gasteiger partial charge is 0.444 e. The van der Waals surface area contributed by atoms with Crippen LogP contribution in [0.2, 0.25) is 5.02 Å². The lowest BCUT2D eigenvalue weighted by Crippen LogP contribution is -2.58. The molecule has 0 radical (unpaired) electrons. The number of hydrogen-bond acceptors (Lipinski definition) is 7. The number of ether oxygens (including phenoxy) is 1. The first-order valence-corrected chi connectivity index (χ1v) is 16.4. The number of hydrogen-bond donors (Lipinski definition) is 4. The molecule has 4 atom stereocenters. The van der Waals surface area contributed by atoms with Crippen molar-refractivity contribution in [2.75, 3.05) is 11.3 Å². The molecule has 2 heterocycles. The van der Waals surface area contributed by atoms with Crippen molar-refractivity contribution in [1.29, 1.82) is 0 Å². The number of carbonyl (C=O) groups excluding carboxylic acids is 4. The first-order valence-electron chi connectivity index (χ1n) is 14.6. The molecule has 3 aliphatic rings. The third-order valence-electron chi connectivity index (χ3n) is 7.63. The second kappa shape index (κ2) is 13.1. The second-order valence-electron chi connectivity index (χ2n) is 12.3. The molecule has 4 rings (SSSR count). The quantitative estimate of drug-likeness (QED) is 0.360. The molecular formula is C29H40ClN5O7S. The molecule has 4 amide bonds. The molecule has 2 aliphatic heterocycles. The molecule has 14 heteroatoms. The second-order valence-corrected chi connectivity index (χ2v) is 14.1. The van der Waals surface area contributed by atoms with Crippen LogP contribution in [0, 0.1) is 5.92 Å². The average molecular weight is 638 g/mol. The van der Waals surface area contributed by atoms with Gasteiger partial charge in [-0.15, -0.1) is 0 Å². The minimum Gasteiger partial charge on any atom is -0.444 e. The first-order chi connectivity index (χ1) is 20.2. The summed E-state index contributed by atoms with van der Waals surface area (Å²) in [6.45, 7) is 5.50. The van der Waals surface area contributed by atoms with E-state index in [0.29, 0.717) is 43.7 Å². The van der Waals surface area contributed by atoms with Gasteiger partial charge in [0.1, 0.15) is 23.2 Å². The van der Waals surface area contributed by atoms with E-state index >= 15 is 0 Å². The number of nitrogens with zero attached hydrogens (tertiary/aromatic N) is 1. The van der Waals surface area contributed by atoms with Gasteiger partial charge in [0.05, 0.1) is 5.69 Å². The van der Waals surface area contributed by atoms with Crippen LogP contribution in [-0.4, -0.2) is 66.9 Å². The van der Waals surface area contributed by atoms with Crippen LogP contribution in [0.15, 0.2) is 36.4 Å². The van der Waals surface area contributed by atoms with Gasteiger partial charge >= 0.3 is 16.3 Å². The van der Waals surface area contributed by atoms with Crippen molar-refractivity contribution in [3.63, 3.8) is 0 Å². The maximum atomic E-state index is 13.7. The van der Waals surface area contributed by atoms with Crippen LogP contribution in [-0.2, 0) is 29.3 Å². The van der Waals surface area contributed by atoms with Gasteiger partial charge in [0.2, 0.25) is 11.8 Å². The summed E-state index contributed by atoms with van der Waals surface area (Å²) in [6, 6.07) is 4.27. The smallest absolute Gasteiger partial charge is 0.408 e. The van der Waals surface area contributed by atoms with Gasteiger partial charge in [-0.2, -0.15) is 8.42 Å². The van der Waals surface area contributed by atoms with Crippen molar-refractivity contribution in [3.8, 4) is 0 Å². The molecule has 12 nitrogen and oxygen atoms in total. The van der Waals surface area contributed by atoms with Gasteiger partial charge in [0.15, 0.2) is 0 Å². The number of halogens is 1. The summed E-state index contributed by atoms with van der Waals surface area (Å²) in [5.74, 6) is -2.25. The summed E-state index contributed by atoms with van der Waals surface area (Å²) in [7, 11) is -4.35. The van der Waals surface area contributed by atoms with E-state index in [9.17, 15) is 27.6 Å². The number of nitrogens with one attached hydrogen (secondary N) is 4. The van der Waals surface area contributed by atoms with E-state index in [1.165, 1.54) is 17.0 Å².